The summed E-state index contributed by atoms with van der Waals surface area (Å²) >= 11 is 5.12. The monoisotopic (exact) mass is 278 g/mol. The maximum Gasteiger partial charge on any atom is 0.283 e. The largest absolute Gasteiger partial charge is 0.497 e. The first-order valence-electron chi connectivity index (χ1n) is 6.45. The SMILES string of the molecule is COc1cccc(NC(=O)C(=S)NC2CCCC2)c1. The van der Waals surface area contributed by atoms with Crippen molar-refractivity contribution in [1.82, 2.24) is 5.32 Å². The highest BCUT2D eigenvalue weighted by Gasteiger charge is 2.18. The molecule has 0 radical (unpaired) electrons. The van der Waals surface area contributed by atoms with E-state index >= 15 is 0 Å². The molecule has 0 bridgehead atoms. The summed E-state index contributed by atoms with van der Waals surface area (Å²) < 4.78 is 5.10. The van der Waals surface area contributed by atoms with E-state index in [4.69, 9.17) is 17.0 Å². The van der Waals surface area contributed by atoms with Crippen LogP contribution in [0.1, 0.15) is 25.7 Å². The molecule has 1 fully saturated rings. The number of anilines is 1. The number of hydrogen-bond donors (Lipinski definition) is 2. The second-order valence-electron chi connectivity index (χ2n) is 4.64. The topological polar surface area (TPSA) is 50.4 Å². The van der Waals surface area contributed by atoms with Crippen LogP contribution in [0.3, 0.4) is 0 Å². The van der Waals surface area contributed by atoms with Gasteiger partial charge in [0.05, 0.1) is 7.11 Å². The lowest BCUT2D eigenvalue weighted by Crippen LogP contribution is -2.39. The molecule has 0 heterocycles. The Kier molecular flexibility index (Phi) is 4.74. The van der Waals surface area contributed by atoms with Crippen LogP contribution in [0.4, 0.5) is 5.69 Å². The minimum absolute atomic E-state index is 0.259. The van der Waals surface area contributed by atoms with Crippen LogP contribution in [-0.2, 0) is 4.79 Å². The van der Waals surface area contributed by atoms with Gasteiger partial charge in [-0.05, 0) is 25.0 Å². The lowest BCUT2D eigenvalue weighted by Gasteiger charge is -2.14. The van der Waals surface area contributed by atoms with Gasteiger partial charge in [0, 0.05) is 17.8 Å². The van der Waals surface area contributed by atoms with Crippen LogP contribution in [0.2, 0.25) is 0 Å². The van der Waals surface area contributed by atoms with Crippen LogP contribution in [0.5, 0.6) is 5.75 Å². The Balaban J connectivity index is 1.90. The number of benzene rings is 1. The molecule has 0 aliphatic heterocycles. The van der Waals surface area contributed by atoms with Crippen molar-refractivity contribution < 1.29 is 9.53 Å². The summed E-state index contributed by atoms with van der Waals surface area (Å²) in [5.41, 5.74) is 0.680. The summed E-state index contributed by atoms with van der Waals surface area (Å²) in [5.74, 6) is 0.433. The third kappa shape index (κ3) is 3.92. The summed E-state index contributed by atoms with van der Waals surface area (Å²) in [5, 5.41) is 5.88. The van der Waals surface area contributed by atoms with E-state index in [2.05, 4.69) is 10.6 Å². The van der Waals surface area contributed by atoms with Gasteiger partial charge in [-0.25, -0.2) is 0 Å². The second-order valence-corrected chi connectivity index (χ2v) is 5.05. The predicted molar refractivity (Wildman–Crippen MR) is 79.6 cm³/mol. The molecule has 1 aliphatic carbocycles. The van der Waals surface area contributed by atoms with Gasteiger partial charge in [0.15, 0.2) is 4.99 Å². The standard InChI is InChI=1S/C14H18N2O2S/c1-18-12-8-4-7-11(9-12)15-13(17)14(19)16-10-5-2-3-6-10/h4,7-10H,2-3,5-6H2,1H3,(H,15,17)(H,16,19). The molecule has 19 heavy (non-hydrogen) atoms. The van der Waals surface area contributed by atoms with Gasteiger partial charge in [0.2, 0.25) is 0 Å². The molecule has 0 atom stereocenters. The third-order valence-corrected chi connectivity index (χ3v) is 3.53. The Hall–Kier alpha value is -1.62. The van der Waals surface area contributed by atoms with Crippen LogP contribution in [0.15, 0.2) is 24.3 Å². The highest BCUT2D eigenvalue weighted by Crippen LogP contribution is 2.18. The molecular formula is C14H18N2O2S. The molecule has 102 valence electrons. The van der Waals surface area contributed by atoms with Gasteiger partial charge in [-0.15, -0.1) is 0 Å². The van der Waals surface area contributed by atoms with Gasteiger partial charge >= 0.3 is 0 Å². The number of nitrogens with one attached hydrogen (secondary N) is 2. The Morgan fingerprint density at radius 2 is 2.11 bits per heavy atom. The Bertz CT molecular complexity index is 470. The van der Waals surface area contributed by atoms with E-state index in [1.807, 2.05) is 12.1 Å². The average Bonchev–Trinajstić information content (AvgIpc) is 2.91. The second kappa shape index (κ2) is 6.52. The van der Waals surface area contributed by atoms with Gasteiger partial charge in [0.25, 0.3) is 5.91 Å². The van der Waals surface area contributed by atoms with Crippen LogP contribution in [-0.4, -0.2) is 24.0 Å². The molecule has 4 nitrogen and oxygen atoms in total. The van der Waals surface area contributed by atoms with Crippen molar-refractivity contribution in [2.24, 2.45) is 0 Å². The van der Waals surface area contributed by atoms with E-state index in [0.29, 0.717) is 17.5 Å². The minimum atomic E-state index is -0.268. The maximum absolute atomic E-state index is 11.9. The first-order chi connectivity index (χ1) is 9.19. The normalized spacial score (nSPS) is 15.0. The zero-order valence-electron chi connectivity index (χ0n) is 10.9. The summed E-state index contributed by atoms with van der Waals surface area (Å²) in [7, 11) is 1.59. The van der Waals surface area contributed by atoms with Crippen molar-refractivity contribution >= 4 is 28.8 Å². The quantitative estimate of drug-likeness (QED) is 0.834. The maximum atomic E-state index is 11.9. The first kappa shape index (κ1) is 13.8. The van der Waals surface area contributed by atoms with Crippen molar-refractivity contribution in [3.8, 4) is 5.75 Å². The van der Waals surface area contributed by atoms with E-state index in [1.54, 1.807) is 19.2 Å². The molecule has 0 aromatic heterocycles. The van der Waals surface area contributed by atoms with Gasteiger partial charge in [0.1, 0.15) is 5.75 Å². The van der Waals surface area contributed by atoms with Crippen LogP contribution < -0.4 is 15.4 Å². The molecule has 1 aromatic carbocycles. The van der Waals surface area contributed by atoms with E-state index in [-0.39, 0.29) is 10.9 Å². The molecular weight excluding hydrogens is 260 g/mol. The third-order valence-electron chi connectivity index (χ3n) is 3.22. The number of rotatable bonds is 3. The summed E-state index contributed by atoms with van der Waals surface area (Å²) in [4.78, 5) is 12.2. The molecule has 0 saturated heterocycles. The van der Waals surface area contributed by atoms with Crippen molar-refractivity contribution in [1.29, 1.82) is 0 Å². The first-order valence-corrected chi connectivity index (χ1v) is 6.86. The number of methoxy groups -OCH3 is 1. The number of amides is 1. The smallest absolute Gasteiger partial charge is 0.283 e. The number of carbonyl (C=O) groups is 1. The molecule has 1 saturated carbocycles. The molecule has 1 aliphatic rings. The fourth-order valence-electron chi connectivity index (χ4n) is 2.21. The Morgan fingerprint density at radius 3 is 2.79 bits per heavy atom. The Labute approximate surface area is 118 Å². The zero-order chi connectivity index (χ0) is 13.7. The fraction of sp³-hybridized carbons (Fsp3) is 0.429. The molecule has 1 aromatic rings. The molecule has 2 rings (SSSR count). The van der Waals surface area contributed by atoms with Gasteiger partial charge < -0.3 is 15.4 Å². The molecule has 2 N–H and O–H groups in total. The van der Waals surface area contributed by atoms with Crippen LogP contribution in [0.25, 0.3) is 0 Å². The van der Waals surface area contributed by atoms with Crippen LogP contribution >= 0.6 is 12.2 Å². The van der Waals surface area contributed by atoms with Crippen molar-refractivity contribution in [2.75, 3.05) is 12.4 Å². The summed E-state index contributed by atoms with van der Waals surface area (Å²) in [6, 6.07) is 7.56. The highest BCUT2D eigenvalue weighted by atomic mass is 32.1. The highest BCUT2D eigenvalue weighted by molar-refractivity contribution is 7.82. The summed E-state index contributed by atoms with van der Waals surface area (Å²) in [6.45, 7) is 0. The summed E-state index contributed by atoms with van der Waals surface area (Å²) in [6.07, 6.45) is 4.59. The Morgan fingerprint density at radius 1 is 1.37 bits per heavy atom. The lowest BCUT2D eigenvalue weighted by molar-refractivity contribution is -0.110. The van der Waals surface area contributed by atoms with Crippen molar-refractivity contribution in [2.45, 2.75) is 31.7 Å². The van der Waals surface area contributed by atoms with E-state index in [1.165, 1.54) is 12.8 Å². The predicted octanol–water partition coefficient (Wildman–Crippen LogP) is 2.49. The lowest BCUT2D eigenvalue weighted by atomic mass is 10.2. The van der Waals surface area contributed by atoms with Crippen LogP contribution in [0, 0.1) is 0 Å². The number of carbonyl (C=O) groups excluding carboxylic acids is 1. The fourth-order valence-corrected chi connectivity index (χ4v) is 2.43. The molecule has 5 heteroatoms. The van der Waals surface area contributed by atoms with Gasteiger partial charge in [-0.3, -0.25) is 4.79 Å². The number of hydrogen-bond acceptors (Lipinski definition) is 3. The van der Waals surface area contributed by atoms with E-state index in [9.17, 15) is 4.79 Å². The minimum Gasteiger partial charge on any atom is -0.497 e. The average molecular weight is 278 g/mol. The van der Waals surface area contributed by atoms with Crippen molar-refractivity contribution in [3.63, 3.8) is 0 Å². The van der Waals surface area contributed by atoms with Gasteiger partial charge in [-0.2, -0.15) is 0 Å². The molecule has 0 unspecified atom stereocenters. The van der Waals surface area contributed by atoms with Gasteiger partial charge in [-0.1, -0.05) is 31.1 Å². The van der Waals surface area contributed by atoms with E-state index in [0.717, 1.165) is 12.8 Å². The van der Waals surface area contributed by atoms with Crippen molar-refractivity contribution in [3.05, 3.63) is 24.3 Å². The molecule has 1 amide bonds. The number of ether oxygens (including phenoxy) is 1. The zero-order valence-corrected chi connectivity index (χ0v) is 11.8. The van der Waals surface area contributed by atoms with E-state index < -0.39 is 0 Å². The number of thiocarbonyl (C=S) groups is 1. The molecule has 0 spiro atoms.